The van der Waals surface area contributed by atoms with Gasteiger partial charge in [0.05, 0.1) is 5.69 Å². The van der Waals surface area contributed by atoms with E-state index in [1.165, 1.54) is 4.68 Å². The van der Waals surface area contributed by atoms with Crippen LogP contribution in [0, 0.1) is 0 Å². The third kappa shape index (κ3) is 4.03. The Labute approximate surface area is 100 Å². The topological polar surface area (TPSA) is 56.7 Å². The maximum absolute atomic E-state index is 12.9. The first kappa shape index (κ1) is 14.0. The molecule has 4 nitrogen and oxygen atoms in total. The zero-order valence-corrected chi connectivity index (χ0v) is 10.2. The van der Waals surface area contributed by atoms with Crippen molar-refractivity contribution in [2.45, 2.75) is 52.0 Å². The molecule has 1 rings (SSSR count). The summed E-state index contributed by atoms with van der Waals surface area (Å²) in [7, 11) is 0. The molecule has 0 fully saturated rings. The number of nitrogens with two attached hydrogens (primary N) is 1. The average molecular weight is 246 g/mol. The van der Waals surface area contributed by atoms with Crippen molar-refractivity contribution in [1.29, 1.82) is 0 Å². The standard InChI is InChI=1S/C11H20F2N4/c1-2-3-4-5-8-17-10(11(12)13)9(6-7-14)15-16-17/h11H,2-8,14H2,1H3. The number of rotatable bonds is 8. The van der Waals surface area contributed by atoms with Crippen LogP contribution in [-0.4, -0.2) is 21.5 Å². The van der Waals surface area contributed by atoms with Crippen LogP contribution in [0.3, 0.4) is 0 Å². The minimum Gasteiger partial charge on any atom is -0.330 e. The zero-order valence-electron chi connectivity index (χ0n) is 10.2. The van der Waals surface area contributed by atoms with Crippen LogP contribution in [0.15, 0.2) is 0 Å². The molecule has 1 heterocycles. The number of aryl methyl sites for hydroxylation is 1. The van der Waals surface area contributed by atoms with E-state index in [4.69, 9.17) is 5.73 Å². The highest BCUT2D eigenvalue weighted by Gasteiger charge is 2.20. The lowest BCUT2D eigenvalue weighted by Crippen LogP contribution is -2.09. The van der Waals surface area contributed by atoms with Crippen molar-refractivity contribution in [3.8, 4) is 0 Å². The molecule has 0 saturated heterocycles. The number of hydrogen-bond donors (Lipinski definition) is 1. The van der Waals surface area contributed by atoms with Gasteiger partial charge in [-0.2, -0.15) is 0 Å². The van der Waals surface area contributed by atoms with Gasteiger partial charge < -0.3 is 5.73 Å². The lowest BCUT2D eigenvalue weighted by Gasteiger charge is -2.06. The fourth-order valence-electron chi connectivity index (χ4n) is 1.76. The molecule has 98 valence electrons. The molecule has 0 aromatic carbocycles. The smallest absolute Gasteiger partial charge is 0.281 e. The van der Waals surface area contributed by atoms with Crippen LogP contribution in [-0.2, 0) is 13.0 Å². The fourth-order valence-corrected chi connectivity index (χ4v) is 1.76. The van der Waals surface area contributed by atoms with E-state index in [2.05, 4.69) is 17.2 Å². The van der Waals surface area contributed by atoms with Crippen LogP contribution in [0.5, 0.6) is 0 Å². The summed E-state index contributed by atoms with van der Waals surface area (Å²) in [5.74, 6) is 0. The molecule has 0 amide bonds. The number of aromatic nitrogens is 3. The summed E-state index contributed by atoms with van der Waals surface area (Å²) in [5.41, 5.74) is 5.63. The van der Waals surface area contributed by atoms with Gasteiger partial charge >= 0.3 is 0 Å². The van der Waals surface area contributed by atoms with Gasteiger partial charge in [-0.3, -0.25) is 0 Å². The van der Waals surface area contributed by atoms with Crippen molar-refractivity contribution >= 4 is 0 Å². The minimum atomic E-state index is -2.53. The maximum atomic E-state index is 12.9. The van der Waals surface area contributed by atoms with Crippen molar-refractivity contribution in [1.82, 2.24) is 15.0 Å². The monoisotopic (exact) mass is 246 g/mol. The van der Waals surface area contributed by atoms with Gasteiger partial charge in [-0.25, -0.2) is 13.5 Å². The molecular weight excluding hydrogens is 226 g/mol. The van der Waals surface area contributed by atoms with Crippen LogP contribution in [0.1, 0.15) is 50.4 Å². The maximum Gasteiger partial charge on any atom is 0.281 e. The largest absolute Gasteiger partial charge is 0.330 e. The number of alkyl halides is 2. The Hall–Kier alpha value is -1.04. The Bertz CT molecular complexity index is 325. The molecular formula is C11H20F2N4. The molecule has 0 aliphatic heterocycles. The van der Waals surface area contributed by atoms with Crippen LogP contribution in [0.25, 0.3) is 0 Å². The van der Waals surface area contributed by atoms with E-state index in [9.17, 15) is 8.78 Å². The molecule has 0 aliphatic carbocycles. The molecule has 1 aromatic heterocycles. The van der Waals surface area contributed by atoms with E-state index in [0.29, 0.717) is 25.2 Å². The zero-order chi connectivity index (χ0) is 12.7. The van der Waals surface area contributed by atoms with Gasteiger partial charge in [-0.15, -0.1) is 5.10 Å². The first-order valence-electron chi connectivity index (χ1n) is 6.11. The summed E-state index contributed by atoms with van der Waals surface area (Å²) in [4.78, 5) is 0. The SMILES string of the molecule is CCCCCCn1nnc(CCN)c1C(F)F. The van der Waals surface area contributed by atoms with Crippen molar-refractivity contribution in [2.24, 2.45) is 5.73 Å². The van der Waals surface area contributed by atoms with Gasteiger partial charge in [-0.05, 0) is 13.0 Å². The van der Waals surface area contributed by atoms with E-state index in [1.807, 2.05) is 0 Å². The lowest BCUT2D eigenvalue weighted by molar-refractivity contribution is 0.137. The summed E-state index contributed by atoms with van der Waals surface area (Å²) < 4.78 is 27.1. The number of hydrogen-bond acceptors (Lipinski definition) is 3. The highest BCUT2D eigenvalue weighted by Crippen LogP contribution is 2.22. The van der Waals surface area contributed by atoms with Crippen LogP contribution < -0.4 is 5.73 Å². The second-order valence-corrected chi connectivity index (χ2v) is 4.04. The van der Waals surface area contributed by atoms with Gasteiger partial charge in [-0.1, -0.05) is 31.4 Å². The average Bonchev–Trinajstić information content (AvgIpc) is 2.68. The van der Waals surface area contributed by atoms with E-state index >= 15 is 0 Å². The number of nitrogens with zero attached hydrogens (tertiary/aromatic N) is 3. The first-order valence-corrected chi connectivity index (χ1v) is 6.11. The van der Waals surface area contributed by atoms with E-state index in [1.54, 1.807) is 0 Å². The Morgan fingerprint density at radius 2 is 2.06 bits per heavy atom. The molecule has 0 saturated carbocycles. The molecule has 0 spiro atoms. The highest BCUT2D eigenvalue weighted by atomic mass is 19.3. The van der Waals surface area contributed by atoms with E-state index < -0.39 is 6.43 Å². The minimum absolute atomic E-state index is 0.0630. The molecule has 0 radical (unpaired) electrons. The summed E-state index contributed by atoms with van der Waals surface area (Å²) in [5, 5.41) is 7.56. The predicted molar refractivity (Wildman–Crippen MR) is 61.9 cm³/mol. The van der Waals surface area contributed by atoms with Crippen molar-refractivity contribution in [3.05, 3.63) is 11.4 Å². The summed E-state index contributed by atoms with van der Waals surface area (Å²) >= 11 is 0. The molecule has 1 aromatic rings. The number of unbranched alkanes of at least 4 members (excludes halogenated alkanes) is 3. The molecule has 0 bridgehead atoms. The molecule has 17 heavy (non-hydrogen) atoms. The quantitative estimate of drug-likeness (QED) is 0.716. The van der Waals surface area contributed by atoms with Crippen LogP contribution in [0.4, 0.5) is 8.78 Å². The van der Waals surface area contributed by atoms with Gasteiger partial charge in [0, 0.05) is 13.0 Å². The third-order valence-electron chi connectivity index (χ3n) is 2.66. The Kier molecular flexibility index (Phi) is 6.04. The molecule has 0 aliphatic rings. The Morgan fingerprint density at radius 3 is 2.65 bits per heavy atom. The third-order valence-corrected chi connectivity index (χ3v) is 2.66. The second kappa shape index (κ2) is 7.32. The van der Waals surface area contributed by atoms with E-state index in [-0.39, 0.29) is 5.69 Å². The summed E-state index contributed by atoms with van der Waals surface area (Å²) in [6, 6.07) is 0. The number of halogens is 2. The van der Waals surface area contributed by atoms with Gasteiger partial charge in [0.25, 0.3) is 6.43 Å². The molecule has 0 unspecified atom stereocenters. The van der Waals surface area contributed by atoms with Crippen LogP contribution >= 0.6 is 0 Å². The molecule has 2 N–H and O–H groups in total. The Morgan fingerprint density at radius 1 is 1.29 bits per heavy atom. The van der Waals surface area contributed by atoms with Gasteiger partial charge in [0.2, 0.25) is 0 Å². The summed E-state index contributed by atoms with van der Waals surface area (Å²) in [6.45, 7) is 2.94. The van der Waals surface area contributed by atoms with E-state index in [0.717, 1.165) is 25.7 Å². The highest BCUT2D eigenvalue weighted by molar-refractivity contribution is 5.12. The van der Waals surface area contributed by atoms with Crippen molar-refractivity contribution in [2.75, 3.05) is 6.54 Å². The Balaban J connectivity index is 2.64. The van der Waals surface area contributed by atoms with Gasteiger partial charge in [0.1, 0.15) is 5.69 Å². The molecule has 6 heteroatoms. The van der Waals surface area contributed by atoms with Crippen molar-refractivity contribution < 1.29 is 8.78 Å². The molecule has 0 atom stereocenters. The van der Waals surface area contributed by atoms with Crippen LogP contribution in [0.2, 0.25) is 0 Å². The van der Waals surface area contributed by atoms with Gasteiger partial charge in [0.15, 0.2) is 0 Å². The predicted octanol–water partition coefficient (Wildman–Crippen LogP) is 2.30. The summed E-state index contributed by atoms with van der Waals surface area (Å²) in [6.07, 6.45) is 1.96. The fraction of sp³-hybridized carbons (Fsp3) is 0.818. The normalized spacial score (nSPS) is 11.4. The first-order chi connectivity index (χ1) is 8.20. The second-order valence-electron chi connectivity index (χ2n) is 4.04. The van der Waals surface area contributed by atoms with Crippen molar-refractivity contribution in [3.63, 3.8) is 0 Å². The lowest BCUT2D eigenvalue weighted by atomic mass is 10.2.